The molecule has 1 fully saturated rings. The van der Waals surface area contributed by atoms with Gasteiger partial charge in [-0.15, -0.1) is 0 Å². The minimum absolute atomic E-state index is 0.262. The van der Waals surface area contributed by atoms with E-state index in [-0.39, 0.29) is 6.04 Å². The molecule has 0 spiro atoms. The Morgan fingerprint density at radius 2 is 1.75 bits per heavy atom. The molecule has 1 heterocycles. The van der Waals surface area contributed by atoms with Crippen LogP contribution in [0.15, 0.2) is 48.5 Å². The third-order valence-corrected chi connectivity index (χ3v) is 5.29. The van der Waals surface area contributed by atoms with Crippen molar-refractivity contribution >= 4 is 0 Å². The summed E-state index contributed by atoms with van der Waals surface area (Å²) in [6, 6.07) is 18.1. The van der Waals surface area contributed by atoms with Gasteiger partial charge in [0.2, 0.25) is 0 Å². The maximum Gasteiger partial charge on any atom is 0.0237 e. The van der Waals surface area contributed by atoms with Crippen molar-refractivity contribution in [2.45, 2.75) is 51.6 Å². The van der Waals surface area contributed by atoms with E-state index in [2.05, 4.69) is 74.2 Å². The number of nitrogens with two attached hydrogens (primary N) is 1. The molecular formula is C22H30N2. The van der Waals surface area contributed by atoms with Gasteiger partial charge in [-0.3, -0.25) is 4.90 Å². The van der Waals surface area contributed by atoms with Crippen LogP contribution in [0.25, 0.3) is 0 Å². The lowest BCUT2D eigenvalue weighted by atomic mass is 9.87. The first-order valence-electron chi connectivity index (χ1n) is 9.15. The molecule has 1 aliphatic heterocycles. The Bertz CT molecular complexity index is 660. The van der Waals surface area contributed by atoms with Crippen molar-refractivity contribution in [3.05, 3.63) is 70.8 Å². The second-order valence-corrected chi connectivity index (χ2v) is 7.63. The Hall–Kier alpha value is -1.64. The highest BCUT2D eigenvalue weighted by Crippen LogP contribution is 2.29. The van der Waals surface area contributed by atoms with Gasteiger partial charge in [0.1, 0.15) is 0 Å². The molecule has 2 atom stereocenters. The fourth-order valence-corrected chi connectivity index (χ4v) is 3.78. The van der Waals surface area contributed by atoms with Crippen LogP contribution in [-0.2, 0) is 6.54 Å². The Morgan fingerprint density at radius 3 is 2.42 bits per heavy atom. The molecule has 2 aromatic carbocycles. The molecule has 0 amide bonds. The normalized spacial score (nSPS) is 22.0. The van der Waals surface area contributed by atoms with Crippen molar-refractivity contribution in [2.24, 2.45) is 5.73 Å². The zero-order valence-corrected chi connectivity index (χ0v) is 15.2. The summed E-state index contributed by atoms with van der Waals surface area (Å²) >= 11 is 0. The molecule has 0 radical (unpaired) electrons. The Morgan fingerprint density at radius 1 is 1.04 bits per heavy atom. The van der Waals surface area contributed by atoms with E-state index < -0.39 is 0 Å². The molecule has 0 aliphatic carbocycles. The first kappa shape index (κ1) is 17.2. The molecule has 128 valence electrons. The number of aryl methyl sites for hydroxylation is 1. The van der Waals surface area contributed by atoms with Crippen LogP contribution in [-0.4, -0.2) is 24.0 Å². The Labute approximate surface area is 146 Å². The molecule has 1 aliphatic rings. The summed E-state index contributed by atoms with van der Waals surface area (Å²) in [5, 5.41) is 0. The predicted molar refractivity (Wildman–Crippen MR) is 102 cm³/mol. The smallest absolute Gasteiger partial charge is 0.0237 e. The van der Waals surface area contributed by atoms with Gasteiger partial charge in [0.25, 0.3) is 0 Å². The lowest BCUT2D eigenvalue weighted by Crippen LogP contribution is -2.45. The van der Waals surface area contributed by atoms with Crippen LogP contribution in [0.2, 0.25) is 0 Å². The lowest BCUT2D eigenvalue weighted by Gasteiger charge is -2.37. The second-order valence-electron chi connectivity index (χ2n) is 7.63. The van der Waals surface area contributed by atoms with Crippen molar-refractivity contribution in [1.29, 1.82) is 0 Å². The second kappa shape index (κ2) is 7.50. The summed E-state index contributed by atoms with van der Waals surface area (Å²) in [7, 11) is 0. The summed E-state index contributed by atoms with van der Waals surface area (Å²) in [5.41, 5.74) is 12.0. The molecule has 24 heavy (non-hydrogen) atoms. The zero-order chi connectivity index (χ0) is 17.1. The molecule has 2 unspecified atom stereocenters. The minimum atomic E-state index is 0.262. The standard InChI is InChI=1S/C22H30N2/c1-16(2)18-8-10-19(11-9-18)21-12-22(23)15-24(14-21)13-20-7-5-4-6-17(20)3/h4-11,16,21-22H,12-15,23H2,1-3H3. The number of nitrogens with zero attached hydrogens (tertiary/aromatic N) is 1. The maximum absolute atomic E-state index is 6.38. The molecule has 3 rings (SSSR count). The van der Waals surface area contributed by atoms with Crippen molar-refractivity contribution < 1.29 is 0 Å². The highest BCUT2D eigenvalue weighted by molar-refractivity contribution is 5.29. The summed E-state index contributed by atoms with van der Waals surface area (Å²) in [5.74, 6) is 1.13. The number of piperidine rings is 1. The SMILES string of the molecule is Cc1ccccc1CN1CC(N)CC(c2ccc(C(C)C)cc2)C1. The van der Waals surface area contributed by atoms with E-state index in [1.807, 2.05) is 0 Å². The van der Waals surface area contributed by atoms with Gasteiger partial charge in [0.15, 0.2) is 0 Å². The monoisotopic (exact) mass is 322 g/mol. The van der Waals surface area contributed by atoms with Crippen LogP contribution in [0.3, 0.4) is 0 Å². The molecular weight excluding hydrogens is 292 g/mol. The average Bonchev–Trinajstić information content (AvgIpc) is 2.56. The van der Waals surface area contributed by atoms with Crippen molar-refractivity contribution in [1.82, 2.24) is 4.90 Å². The van der Waals surface area contributed by atoms with E-state index in [1.165, 1.54) is 22.3 Å². The predicted octanol–water partition coefficient (Wildman–Crippen LogP) is 4.44. The van der Waals surface area contributed by atoms with Gasteiger partial charge >= 0.3 is 0 Å². The van der Waals surface area contributed by atoms with Crippen LogP contribution in [0.5, 0.6) is 0 Å². The molecule has 0 aromatic heterocycles. The van der Waals surface area contributed by atoms with Crippen molar-refractivity contribution in [3.63, 3.8) is 0 Å². The topological polar surface area (TPSA) is 29.3 Å². The number of hydrogen-bond donors (Lipinski definition) is 1. The van der Waals surface area contributed by atoms with E-state index in [4.69, 9.17) is 5.73 Å². The van der Waals surface area contributed by atoms with Gasteiger partial charge in [0, 0.05) is 25.7 Å². The molecule has 2 heteroatoms. The van der Waals surface area contributed by atoms with Crippen molar-refractivity contribution in [2.75, 3.05) is 13.1 Å². The molecule has 2 N–H and O–H groups in total. The first-order chi connectivity index (χ1) is 11.5. The van der Waals surface area contributed by atoms with Gasteiger partial charge in [-0.1, -0.05) is 62.4 Å². The number of hydrogen-bond acceptors (Lipinski definition) is 2. The molecule has 0 bridgehead atoms. The van der Waals surface area contributed by atoms with Gasteiger partial charge in [-0.2, -0.15) is 0 Å². The van der Waals surface area contributed by atoms with Crippen LogP contribution >= 0.6 is 0 Å². The summed E-state index contributed by atoms with van der Waals surface area (Å²) in [6.07, 6.45) is 1.09. The average molecular weight is 322 g/mol. The van der Waals surface area contributed by atoms with E-state index >= 15 is 0 Å². The number of likely N-dealkylation sites (tertiary alicyclic amines) is 1. The molecule has 2 nitrogen and oxygen atoms in total. The lowest BCUT2D eigenvalue weighted by molar-refractivity contribution is 0.181. The van der Waals surface area contributed by atoms with E-state index in [0.717, 1.165) is 26.1 Å². The largest absolute Gasteiger partial charge is 0.327 e. The van der Waals surface area contributed by atoms with Crippen LogP contribution in [0.4, 0.5) is 0 Å². The van der Waals surface area contributed by atoms with Crippen LogP contribution in [0, 0.1) is 6.92 Å². The van der Waals surface area contributed by atoms with Crippen LogP contribution in [0.1, 0.15) is 54.4 Å². The molecule has 0 saturated carbocycles. The third kappa shape index (κ3) is 4.06. The Balaban J connectivity index is 1.72. The number of benzene rings is 2. The Kier molecular flexibility index (Phi) is 5.37. The van der Waals surface area contributed by atoms with E-state index in [0.29, 0.717) is 11.8 Å². The van der Waals surface area contributed by atoms with Gasteiger partial charge < -0.3 is 5.73 Å². The summed E-state index contributed by atoms with van der Waals surface area (Å²) < 4.78 is 0. The zero-order valence-electron chi connectivity index (χ0n) is 15.2. The number of rotatable bonds is 4. The van der Waals surface area contributed by atoms with E-state index in [1.54, 1.807) is 0 Å². The van der Waals surface area contributed by atoms with Gasteiger partial charge in [-0.05, 0) is 47.4 Å². The summed E-state index contributed by atoms with van der Waals surface area (Å²) in [6.45, 7) is 9.78. The minimum Gasteiger partial charge on any atom is -0.327 e. The first-order valence-corrected chi connectivity index (χ1v) is 9.15. The third-order valence-electron chi connectivity index (χ3n) is 5.29. The quantitative estimate of drug-likeness (QED) is 0.902. The highest BCUT2D eigenvalue weighted by Gasteiger charge is 2.26. The fourth-order valence-electron chi connectivity index (χ4n) is 3.78. The van der Waals surface area contributed by atoms with Crippen LogP contribution < -0.4 is 5.73 Å². The summed E-state index contributed by atoms with van der Waals surface area (Å²) in [4.78, 5) is 2.53. The van der Waals surface area contributed by atoms with Gasteiger partial charge in [-0.25, -0.2) is 0 Å². The molecule has 2 aromatic rings. The highest BCUT2D eigenvalue weighted by atomic mass is 15.1. The molecule has 1 saturated heterocycles. The maximum atomic E-state index is 6.38. The van der Waals surface area contributed by atoms with Crippen molar-refractivity contribution in [3.8, 4) is 0 Å². The fraction of sp³-hybridized carbons (Fsp3) is 0.455. The van der Waals surface area contributed by atoms with Gasteiger partial charge in [0.05, 0.1) is 0 Å². The van der Waals surface area contributed by atoms with E-state index in [9.17, 15) is 0 Å².